The van der Waals surface area contributed by atoms with E-state index in [1.165, 1.54) is 5.39 Å². The van der Waals surface area contributed by atoms with Crippen molar-refractivity contribution >= 4 is 10.8 Å². The molecule has 0 N–H and O–H groups in total. The fourth-order valence-corrected chi connectivity index (χ4v) is 3.64. The molecule has 1 saturated heterocycles. The first-order valence-electron chi connectivity index (χ1n) is 10.1. The van der Waals surface area contributed by atoms with Crippen LogP contribution in [0.2, 0.25) is 0 Å². The van der Waals surface area contributed by atoms with Gasteiger partial charge in [0.15, 0.2) is 0 Å². The molecule has 0 saturated carbocycles. The van der Waals surface area contributed by atoms with Crippen molar-refractivity contribution in [3.63, 3.8) is 0 Å². The molecule has 1 aliphatic rings. The molecule has 0 radical (unpaired) electrons. The number of hydrogen-bond acceptors (Lipinski definition) is 4. The minimum atomic E-state index is -0.240. The second-order valence-electron chi connectivity index (χ2n) is 9.53. The van der Waals surface area contributed by atoms with Crippen molar-refractivity contribution in [1.82, 2.24) is 0 Å². The average Bonchev–Trinajstić information content (AvgIpc) is 2.99. The molecule has 1 unspecified atom stereocenters. The van der Waals surface area contributed by atoms with Gasteiger partial charge in [-0.05, 0) is 64.4 Å². The Morgan fingerprint density at radius 2 is 1.61 bits per heavy atom. The third kappa shape index (κ3) is 5.25. The molecule has 0 bridgehead atoms. The van der Waals surface area contributed by atoms with Crippen LogP contribution in [0.25, 0.3) is 10.8 Å². The van der Waals surface area contributed by atoms with E-state index >= 15 is 0 Å². The van der Waals surface area contributed by atoms with Crippen LogP contribution < -0.4 is 4.74 Å². The van der Waals surface area contributed by atoms with E-state index < -0.39 is 0 Å². The van der Waals surface area contributed by atoms with Crippen molar-refractivity contribution < 1.29 is 18.9 Å². The summed E-state index contributed by atoms with van der Waals surface area (Å²) in [6, 6.07) is 12.6. The van der Waals surface area contributed by atoms with Crippen LogP contribution in [0.4, 0.5) is 0 Å². The van der Waals surface area contributed by atoms with Crippen LogP contribution in [0.3, 0.4) is 0 Å². The van der Waals surface area contributed by atoms with Crippen LogP contribution in [0, 0.1) is 0 Å². The first-order chi connectivity index (χ1) is 13.1. The number of fused-ring (bicyclic) bond motifs is 1. The molecule has 4 heteroatoms. The maximum atomic E-state index is 6.46. The topological polar surface area (TPSA) is 36.9 Å². The lowest BCUT2D eigenvalue weighted by atomic mass is 9.99. The largest absolute Gasteiger partial charge is 0.496 e. The van der Waals surface area contributed by atoms with Crippen molar-refractivity contribution in [2.75, 3.05) is 13.7 Å². The first kappa shape index (κ1) is 21.1. The van der Waals surface area contributed by atoms with E-state index in [-0.39, 0.29) is 29.5 Å². The van der Waals surface area contributed by atoms with Gasteiger partial charge in [-0.1, -0.05) is 24.3 Å². The molecule has 0 amide bonds. The lowest BCUT2D eigenvalue weighted by Gasteiger charge is -2.29. The van der Waals surface area contributed by atoms with Crippen LogP contribution >= 0.6 is 0 Å². The standard InChI is InChI=1S/C24H34O4/c1-23(2,3)26-15-22-21(28-24(4,5)6)14-20(27-22)18-12-16-10-8-9-11-17(16)13-19(18)25-7/h8-13,20-22H,14-15H2,1-7H3/t20-,21?,22-/m1/s1. The smallest absolute Gasteiger partial charge is 0.125 e. The molecule has 0 aliphatic carbocycles. The summed E-state index contributed by atoms with van der Waals surface area (Å²) >= 11 is 0. The van der Waals surface area contributed by atoms with Crippen LogP contribution in [0.15, 0.2) is 36.4 Å². The molecule has 4 nitrogen and oxygen atoms in total. The van der Waals surface area contributed by atoms with Gasteiger partial charge in [-0.2, -0.15) is 0 Å². The average molecular weight is 387 g/mol. The second-order valence-corrected chi connectivity index (χ2v) is 9.53. The number of rotatable bonds is 5. The van der Waals surface area contributed by atoms with Crippen LogP contribution in [0.1, 0.15) is 59.6 Å². The Labute approximate surface area is 169 Å². The molecule has 2 aromatic rings. The molecule has 28 heavy (non-hydrogen) atoms. The van der Waals surface area contributed by atoms with Crippen molar-refractivity contribution in [2.45, 2.75) is 77.5 Å². The van der Waals surface area contributed by atoms with E-state index in [2.05, 4.69) is 71.9 Å². The van der Waals surface area contributed by atoms with E-state index in [1.54, 1.807) is 7.11 Å². The van der Waals surface area contributed by atoms with Gasteiger partial charge >= 0.3 is 0 Å². The van der Waals surface area contributed by atoms with E-state index in [4.69, 9.17) is 18.9 Å². The summed E-state index contributed by atoms with van der Waals surface area (Å²) in [5.74, 6) is 0.857. The molecule has 1 aliphatic heterocycles. The summed E-state index contributed by atoms with van der Waals surface area (Å²) in [6.45, 7) is 12.9. The number of benzene rings is 2. The highest BCUT2D eigenvalue weighted by Gasteiger charge is 2.40. The van der Waals surface area contributed by atoms with Crippen molar-refractivity contribution in [3.05, 3.63) is 42.0 Å². The third-order valence-corrected chi connectivity index (χ3v) is 4.83. The van der Waals surface area contributed by atoms with Crippen molar-refractivity contribution in [2.24, 2.45) is 0 Å². The van der Waals surface area contributed by atoms with Gasteiger partial charge in [0.05, 0.1) is 37.1 Å². The Balaban J connectivity index is 1.88. The van der Waals surface area contributed by atoms with Crippen LogP contribution in [0.5, 0.6) is 5.75 Å². The molecular weight excluding hydrogens is 352 g/mol. The van der Waals surface area contributed by atoms with E-state index in [9.17, 15) is 0 Å². The molecule has 1 fully saturated rings. The number of methoxy groups -OCH3 is 1. The zero-order valence-corrected chi connectivity index (χ0v) is 18.2. The van der Waals surface area contributed by atoms with Crippen LogP contribution in [-0.2, 0) is 14.2 Å². The highest BCUT2D eigenvalue weighted by molar-refractivity contribution is 5.85. The zero-order valence-electron chi connectivity index (χ0n) is 18.2. The number of hydrogen-bond donors (Lipinski definition) is 0. The summed E-state index contributed by atoms with van der Waals surface area (Å²) in [5.41, 5.74) is 0.618. The molecule has 3 atom stereocenters. The molecule has 3 rings (SSSR count). The summed E-state index contributed by atoms with van der Waals surface area (Å²) in [7, 11) is 1.71. The van der Waals surface area contributed by atoms with E-state index in [0.717, 1.165) is 23.1 Å². The van der Waals surface area contributed by atoms with Gasteiger partial charge in [0.25, 0.3) is 0 Å². The normalized spacial score (nSPS) is 23.3. The fraction of sp³-hybridized carbons (Fsp3) is 0.583. The minimum Gasteiger partial charge on any atom is -0.496 e. The predicted molar refractivity (Wildman–Crippen MR) is 113 cm³/mol. The lowest BCUT2D eigenvalue weighted by molar-refractivity contribution is -0.128. The van der Waals surface area contributed by atoms with E-state index in [1.807, 2.05) is 6.07 Å². The van der Waals surface area contributed by atoms with Gasteiger partial charge in [-0.25, -0.2) is 0 Å². The minimum absolute atomic E-state index is 0.0245. The molecule has 2 aromatic carbocycles. The van der Waals surface area contributed by atoms with Crippen molar-refractivity contribution in [1.29, 1.82) is 0 Å². The molecule has 0 spiro atoms. The Morgan fingerprint density at radius 3 is 2.18 bits per heavy atom. The van der Waals surface area contributed by atoms with Gasteiger partial charge in [0.2, 0.25) is 0 Å². The van der Waals surface area contributed by atoms with Crippen molar-refractivity contribution in [3.8, 4) is 5.75 Å². The monoisotopic (exact) mass is 386 g/mol. The molecule has 1 heterocycles. The summed E-state index contributed by atoms with van der Waals surface area (Å²) in [4.78, 5) is 0. The summed E-state index contributed by atoms with van der Waals surface area (Å²) in [5, 5.41) is 2.35. The molecule has 154 valence electrons. The first-order valence-corrected chi connectivity index (χ1v) is 10.1. The SMILES string of the molecule is COc1cc2ccccc2cc1[C@H]1CC(OC(C)(C)C)[C@@H](COC(C)(C)C)O1. The van der Waals surface area contributed by atoms with Gasteiger partial charge < -0.3 is 18.9 Å². The third-order valence-electron chi connectivity index (χ3n) is 4.83. The van der Waals surface area contributed by atoms with Crippen LogP contribution in [-0.4, -0.2) is 37.1 Å². The molecular formula is C24H34O4. The quantitative estimate of drug-likeness (QED) is 0.663. The fourth-order valence-electron chi connectivity index (χ4n) is 3.64. The predicted octanol–water partition coefficient (Wildman–Crippen LogP) is 5.68. The van der Waals surface area contributed by atoms with Gasteiger partial charge in [0, 0.05) is 12.0 Å². The highest BCUT2D eigenvalue weighted by atomic mass is 16.6. The summed E-state index contributed by atoms with van der Waals surface area (Å²) in [6.07, 6.45) is 0.563. The maximum Gasteiger partial charge on any atom is 0.125 e. The maximum absolute atomic E-state index is 6.46. The van der Waals surface area contributed by atoms with E-state index in [0.29, 0.717) is 6.61 Å². The van der Waals surface area contributed by atoms with Gasteiger partial charge in [-0.3, -0.25) is 0 Å². The molecule has 0 aromatic heterocycles. The van der Waals surface area contributed by atoms with Gasteiger partial charge in [-0.15, -0.1) is 0 Å². The zero-order chi connectivity index (χ0) is 20.5. The Kier molecular flexibility index (Phi) is 6.04. The Bertz CT molecular complexity index is 800. The summed E-state index contributed by atoms with van der Waals surface area (Å²) < 4.78 is 24.5. The Hall–Kier alpha value is -1.62. The second kappa shape index (κ2) is 8.02. The van der Waals surface area contributed by atoms with Gasteiger partial charge in [0.1, 0.15) is 11.9 Å². The lowest BCUT2D eigenvalue weighted by Crippen LogP contribution is -2.37. The number of ether oxygens (including phenoxy) is 4. The Morgan fingerprint density at radius 1 is 0.964 bits per heavy atom. The highest BCUT2D eigenvalue weighted by Crippen LogP contribution is 2.41.